The van der Waals surface area contributed by atoms with Gasteiger partial charge >= 0.3 is 0 Å². The van der Waals surface area contributed by atoms with E-state index in [0.29, 0.717) is 16.3 Å². The summed E-state index contributed by atoms with van der Waals surface area (Å²) in [5.74, 6) is 0.834. The van der Waals surface area contributed by atoms with Crippen LogP contribution in [-0.2, 0) is 0 Å². The topological polar surface area (TPSA) is 36.3 Å². The van der Waals surface area contributed by atoms with E-state index in [0.717, 1.165) is 11.4 Å². The molecule has 0 bridgehead atoms. The molecule has 1 heterocycles. The zero-order valence-electron chi connectivity index (χ0n) is 13.1. The lowest BCUT2D eigenvalue weighted by Gasteiger charge is -2.30. The molecule has 0 N–H and O–H groups in total. The van der Waals surface area contributed by atoms with Crippen LogP contribution in [0.5, 0.6) is 5.75 Å². The Morgan fingerprint density at radius 2 is 1.92 bits per heavy atom. The van der Waals surface area contributed by atoms with E-state index < -0.39 is 0 Å². The summed E-state index contributed by atoms with van der Waals surface area (Å²) < 4.78 is 5.56. The van der Waals surface area contributed by atoms with Crippen molar-refractivity contribution >= 4 is 23.0 Å². The number of nitrogens with zero attached hydrogens (tertiary/aromatic N) is 2. The standard InChI is InChI=1S/C20H15ClN2O/c1-24-20-13(12-22)10-14(21)11-19(20)23-17-8-4-2-6-15(17)16-7-3-5-9-18(16)23/h2-11,15,17H,1H3. The quantitative estimate of drug-likeness (QED) is 0.779. The van der Waals surface area contributed by atoms with Crippen LogP contribution in [0.15, 0.2) is 60.7 Å². The van der Waals surface area contributed by atoms with E-state index >= 15 is 0 Å². The molecule has 0 saturated carbocycles. The van der Waals surface area contributed by atoms with Crippen LogP contribution in [0.3, 0.4) is 0 Å². The summed E-state index contributed by atoms with van der Waals surface area (Å²) in [4.78, 5) is 2.21. The number of allylic oxidation sites excluding steroid dienone is 2. The van der Waals surface area contributed by atoms with E-state index in [1.165, 1.54) is 5.56 Å². The normalized spacial score (nSPS) is 20.5. The van der Waals surface area contributed by atoms with Crippen LogP contribution < -0.4 is 9.64 Å². The summed E-state index contributed by atoms with van der Waals surface area (Å²) >= 11 is 6.27. The minimum absolute atomic E-state index is 0.145. The highest BCUT2D eigenvalue weighted by atomic mass is 35.5. The number of nitriles is 1. The zero-order valence-corrected chi connectivity index (χ0v) is 13.9. The van der Waals surface area contributed by atoms with Crippen LogP contribution in [0.25, 0.3) is 0 Å². The first kappa shape index (κ1) is 14.9. The molecule has 0 aromatic heterocycles. The van der Waals surface area contributed by atoms with Crippen molar-refractivity contribution < 1.29 is 4.74 Å². The van der Waals surface area contributed by atoms with E-state index in [1.54, 1.807) is 13.2 Å². The van der Waals surface area contributed by atoms with Crippen LogP contribution >= 0.6 is 11.6 Å². The first-order valence-electron chi connectivity index (χ1n) is 7.75. The van der Waals surface area contributed by atoms with Crippen molar-refractivity contribution in [3.63, 3.8) is 0 Å². The fourth-order valence-corrected chi connectivity index (χ4v) is 3.84. The summed E-state index contributed by atoms with van der Waals surface area (Å²) in [6.45, 7) is 0. The monoisotopic (exact) mass is 334 g/mol. The predicted octanol–water partition coefficient (Wildman–Crippen LogP) is 4.95. The molecule has 0 amide bonds. The maximum atomic E-state index is 9.44. The number of hydrogen-bond acceptors (Lipinski definition) is 3. The van der Waals surface area contributed by atoms with Crippen LogP contribution in [0, 0.1) is 11.3 Å². The molecule has 0 radical (unpaired) electrons. The van der Waals surface area contributed by atoms with Crippen LogP contribution in [0.2, 0.25) is 5.02 Å². The number of methoxy groups -OCH3 is 1. The Kier molecular flexibility index (Phi) is 3.55. The molecule has 1 aliphatic heterocycles. The average molecular weight is 335 g/mol. The smallest absolute Gasteiger partial charge is 0.160 e. The Bertz CT molecular complexity index is 910. The van der Waals surface area contributed by atoms with Gasteiger partial charge in [-0.25, -0.2) is 0 Å². The summed E-state index contributed by atoms with van der Waals surface area (Å²) in [7, 11) is 1.59. The van der Waals surface area contributed by atoms with Gasteiger partial charge in [0.1, 0.15) is 6.07 Å². The van der Waals surface area contributed by atoms with E-state index in [9.17, 15) is 5.26 Å². The molecule has 2 atom stereocenters. The molecule has 2 aliphatic rings. The van der Waals surface area contributed by atoms with Gasteiger partial charge in [0.15, 0.2) is 5.75 Å². The second-order valence-electron chi connectivity index (χ2n) is 5.83. The van der Waals surface area contributed by atoms with Gasteiger partial charge in [-0.15, -0.1) is 0 Å². The van der Waals surface area contributed by atoms with Crippen LogP contribution in [0.4, 0.5) is 11.4 Å². The Labute approximate surface area is 146 Å². The third-order valence-electron chi connectivity index (χ3n) is 4.58. The third-order valence-corrected chi connectivity index (χ3v) is 4.80. The summed E-state index contributed by atoms with van der Waals surface area (Å²) in [6.07, 6.45) is 8.53. The first-order chi connectivity index (χ1) is 11.7. The van der Waals surface area contributed by atoms with Gasteiger partial charge in [0.05, 0.1) is 24.4 Å². The molecule has 3 nitrogen and oxygen atoms in total. The van der Waals surface area contributed by atoms with Crippen molar-refractivity contribution in [1.29, 1.82) is 5.26 Å². The van der Waals surface area contributed by atoms with E-state index in [1.807, 2.05) is 12.1 Å². The number of anilines is 2. The highest BCUT2D eigenvalue weighted by Gasteiger charge is 2.38. The van der Waals surface area contributed by atoms with Gasteiger partial charge in [0.2, 0.25) is 0 Å². The van der Waals surface area contributed by atoms with Crippen molar-refractivity contribution in [1.82, 2.24) is 0 Å². The van der Waals surface area contributed by atoms with Gasteiger partial charge in [0.25, 0.3) is 0 Å². The van der Waals surface area contributed by atoms with E-state index in [-0.39, 0.29) is 12.0 Å². The highest BCUT2D eigenvalue weighted by Crippen LogP contribution is 2.50. The minimum atomic E-state index is 0.145. The number of rotatable bonds is 2. The molecule has 0 fully saturated rings. The summed E-state index contributed by atoms with van der Waals surface area (Å²) in [5.41, 5.74) is 3.65. The molecule has 24 heavy (non-hydrogen) atoms. The van der Waals surface area contributed by atoms with Crippen molar-refractivity contribution in [2.75, 3.05) is 12.0 Å². The fourth-order valence-electron chi connectivity index (χ4n) is 3.63. The van der Waals surface area contributed by atoms with Gasteiger partial charge in [0, 0.05) is 16.6 Å². The maximum Gasteiger partial charge on any atom is 0.160 e. The average Bonchev–Trinajstić information content (AvgIpc) is 2.95. The fraction of sp³-hybridized carbons (Fsp3) is 0.150. The first-order valence-corrected chi connectivity index (χ1v) is 8.13. The minimum Gasteiger partial charge on any atom is -0.493 e. The Balaban J connectivity index is 1.97. The van der Waals surface area contributed by atoms with Crippen LogP contribution in [-0.4, -0.2) is 13.2 Å². The molecule has 2 unspecified atom stereocenters. The maximum absolute atomic E-state index is 9.44. The lowest BCUT2D eigenvalue weighted by atomic mass is 9.91. The Morgan fingerprint density at radius 3 is 2.71 bits per heavy atom. The number of ether oxygens (including phenoxy) is 1. The van der Waals surface area contributed by atoms with Gasteiger partial charge < -0.3 is 9.64 Å². The second kappa shape index (κ2) is 5.74. The number of benzene rings is 2. The number of hydrogen-bond donors (Lipinski definition) is 0. The van der Waals surface area contributed by atoms with Crippen molar-refractivity contribution in [2.24, 2.45) is 0 Å². The largest absolute Gasteiger partial charge is 0.493 e. The van der Waals surface area contributed by atoms with Crippen molar-refractivity contribution in [3.8, 4) is 11.8 Å². The molecule has 0 saturated heterocycles. The number of fused-ring (bicyclic) bond motifs is 3. The van der Waals surface area contributed by atoms with Gasteiger partial charge in [-0.1, -0.05) is 54.1 Å². The molecule has 0 spiro atoms. The number of halogens is 1. The van der Waals surface area contributed by atoms with E-state index in [2.05, 4.69) is 53.5 Å². The molecule has 4 rings (SSSR count). The molecular weight excluding hydrogens is 320 g/mol. The number of para-hydroxylation sites is 1. The highest BCUT2D eigenvalue weighted by molar-refractivity contribution is 6.31. The molecule has 1 aliphatic carbocycles. The third kappa shape index (κ3) is 2.11. The van der Waals surface area contributed by atoms with Gasteiger partial charge in [-0.05, 0) is 23.8 Å². The van der Waals surface area contributed by atoms with Crippen molar-refractivity contribution in [2.45, 2.75) is 12.0 Å². The molecule has 118 valence electrons. The Hall–Kier alpha value is -2.70. The zero-order chi connectivity index (χ0) is 16.7. The second-order valence-corrected chi connectivity index (χ2v) is 6.27. The lowest BCUT2D eigenvalue weighted by molar-refractivity contribution is 0.413. The Morgan fingerprint density at radius 1 is 1.12 bits per heavy atom. The van der Waals surface area contributed by atoms with Crippen molar-refractivity contribution in [3.05, 3.63) is 76.9 Å². The summed E-state index contributed by atoms with van der Waals surface area (Å²) in [5, 5.41) is 9.96. The van der Waals surface area contributed by atoms with E-state index in [4.69, 9.17) is 16.3 Å². The van der Waals surface area contributed by atoms with Gasteiger partial charge in [-0.2, -0.15) is 5.26 Å². The lowest BCUT2D eigenvalue weighted by Crippen LogP contribution is -2.29. The van der Waals surface area contributed by atoms with Crippen LogP contribution in [0.1, 0.15) is 17.0 Å². The molecular formula is C20H15ClN2O. The van der Waals surface area contributed by atoms with Gasteiger partial charge in [-0.3, -0.25) is 0 Å². The molecule has 2 aromatic rings. The molecule has 2 aromatic carbocycles. The summed E-state index contributed by atoms with van der Waals surface area (Å²) in [6, 6.07) is 14.2. The predicted molar refractivity (Wildman–Crippen MR) is 96.1 cm³/mol. The molecule has 4 heteroatoms. The SMILES string of the molecule is COc1c(C#N)cc(Cl)cc1N1c2ccccc2C2C=CC=CC21.